The zero-order valence-corrected chi connectivity index (χ0v) is 15.6. The lowest BCUT2D eigenvalue weighted by Crippen LogP contribution is -2.50. The molecule has 1 fully saturated rings. The molecule has 1 atom stereocenters. The number of morpholine rings is 1. The van der Waals surface area contributed by atoms with E-state index in [-0.39, 0.29) is 25.3 Å². The first-order valence-corrected chi connectivity index (χ1v) is 9.96. The van der Waals surface area contributed by atoms with Crippen LogP contribution in [0.3, 0.4) is 0 Å². The summed E-state index contributed by atoms with van der Waals surface area (Å²) in [4.78, 5) is 13.6. The fourth-order valence-corrected chi connectivity index (χ4v) is 3.78. The fraction of sp³-hybridized carbons (Fsp3) is 0.933. The Kier molecular flexibility index (Phi) is 7.54. The topological polar surface area (TPSA) is 72.9 Å². The molecule has 0 N–H and O–H groups in total. The summed E-state index contributed by atoms with van der Waals surface area (Å²) >= 11 is 0. The molecule has 0 aromatic carbocycles. The Bertz CT molecular complexity index is 542. The first-order valence-electron chi connectivity index (χ1n) is 8.14. The molecular formula is C15H26F3NO5S. The number of hydrogen-bond donors (Lipinski definition) is 0. The van der Waals surface area contributed by atoms with Gasteiger partial charge < -0.3 is 14.4 Å². The highest BCUT2D eigenvalue weighted by molar-refractivity contribution is 7.91. The van der Waals surface area contributed by atoms with Crippen LogP contribution >= 0.6 is 0 Å². The molecule has 0 aliphatic carbocycles. The lowest BCUT2D eigenvalue weighted by molar-refractivity contribution is -0.134. The lowest BCUT2D eigenvalue weighted by atomic mass is 10.2. The Hall–Kier alpha value is -1.03. The van der Waals surface area contributed by atoms with Gasteiger partial charge in [0.05, 0.1) is 30.8 Å². The SMILES string of the molecule is CC(C)(C)OC(=O)N1CCOC[C@H]1CCS(=O)(=O)CCCC(F)(F)F. The molecule has 1 aliphatic rings. The van der Waals surface area contributed by atoms with E-state index >= 15 is 0 Å². The van der Waals surface area contributed by atoms with Crippen LogP contribution in [0.25, 0.3) is 0 Å². The molecule has 1 saturated heterocycles. The highest BCUT2D eigenvalue weighted by Crippen LogP contribution is 2.22. The number of amides is 1. The van der Waals surface area contributed by atoms with Crippen molar-refractivity contribution in [2.24, 2.45) is 0 Å². The van der Waals surface area contributed by atoms with Gasteiger partial charge >= 0.3 is 12.3 Å². The number of ether oxygens (including phenoxy) is 2. The number of hydrogen-bond acceptors (Lipinski definition) is 5. The number of carbonyl (C=O) groups excluding carboxylic acids is 1. The fourth-order valence-electron chi connectivity index (χ4n) is 2.37. The maximum absolute atomic E-state index is 12.2. The molecule has 0 spiro atoms. The highest BCUT2D eigenvalue weighted by atomic mass is 32.2. The predicted octanol–water partition coefficient (Wildman–Crippen LogP) is 2.77. The number of alkyl halides is 3. The second kappa shape index (κ2) is 8.57. The van der Waals surface area contributed by atoms with Crippen LogP contribution in [0.2, 0.25) is 0 Å². The summed E-state index contributed by atoms with van der Waals surface area (Å²) in [6.07, 6.45) is -6.38. The average molecular weight is 389 g/mol. The van der Waals surface area contributed by atoms with Gasteiger partial charge in [-0.25, -0.2) is 13.2 Å². The summed E-state index contributed by atoms with van der Waals surface area (Å²) in [6, 6.07) is -0.471. The molecule has 0 bridgehead atoms. The number of nitrogens with zero attached hydrogens (tertiary/aromatic N) is 1. The van der Waals surface area contributed by atoms with Crippen LogP contribution in [0.4, 0.5) is 18.0 Å². The van der Waals surface area contributed by atoms with Gasteiger partial charge in [-0.3, -0.25) is 0 Å². The Balaban J connectivity index is 2.56. The van der Waals surface area contributed by atoms with Crippen molar-refractivity contribution in [1.82, 2.24) is 4.90 Å². The van der Waals surface area contributed by atoms with E-state index in [1.54, 1.807) is 20.8 Å². The van der Waals surface area contributed by atoms with Gasteiger partial charge in [0.2, 0.25) is 0 Å². The van der Waals surface area contributed by atoms with Gasteiger partial charge in [0.1, 0.15) is 15.4 Å². The van der Waals surface area contributed by atoms with E-state index < -0.39 is 52.3 Å². The smallest absolute Gasteiger partial charge is 0.410 e. The van der Waals surface area contributed by atoms with Crippen LogP contribution < -0.4 is 0 Å². The molecule has 1 amide bonds. The van der Waals surface area contributed by atoms with E-state index in [1.165, 1.54) is 4.90 Å². The lowest BCUT2D eigenvalue weighted by Gasteiger charge is -2.36. The van der Waals surface area contributed by atoms with E-state index in [0.717, 1.165) is 0 Å². The number of sulfone groups is 1. The van der Waals surface area contributed by atoms with E-state index in [9.17, 15) is 26.4 Å². The molecule has 1 aliphatic heterocycles. The molecule has 10 heteroatoms. The quantitative estimate of drug-likeness (QED) is 0.698. The summed E-state index contributed by atoms with van der Waals surface area (Å²) in [7, 11) is -3.62. The van der Waals surface area contributed by atoms with Crippen molar-refractivity contribution in [3.8, 4) is 0 Å². The van der Waals surface area contributed by atoms with Gasteiger partial charge in [0.25, 0.3) is 0 Å². The summed E-state index contributed by atoms with van der Waals surface area (Å²) in [5.74, 6) is -0.815. The molecule has 1 heterocycles. The number of carbonyl (C=O) groups is 1. The number of halogens is 3. The van der Waals surface area contributed by atoms with Crippen LogP contribution in [0.1, 0.15) is 40.0 Å². The highest BCUT2D eigenvalue weighted by Gasteiger charge is 2.32. The van der Waals surface area contributed by atoms with Crippen LogP contribution in [-0.4, -0.2) is 68.5 Å². The zero-order chi connectivity index (χ0) is 19.3. The Labute approximate surface area is 146 Å². The molecule has 0 radical (unpaired) electrons. The van der Waals surface area contributed by atoms with Crippen molar-refractivity contribution in [3.05, 3.63) is 0 Å². The third-order valence-corrected chi connectivity index (χ3v) is 5.30. The monoisotopic (exact) mass is 389 g/mol. The van der Waals surface area contributed by atoms with Crippen LogP contribution in [0.15, 0.2) is 0 Å². The second-order valence-electron chi connectivity index (χ2n) is 7.06. The Morgan fingerprint density at radius 1 is 1.24 bits per heavy atom. The van der Waals surface area contributed by atoms with Crippen LogP contribution in [0, 0.1) is 0 Å². The van der Waals surface area contributed by atoms with Gasteiger partial charge in [0.15, 0.2) is 0 Å². The van der Waals surface area contributed by atoms with Crippen molar-refractivity contribution in [2.75, 3.05) is 31.3 Å². The maximum Gasteiger partial charge on any atom is 0.410 e. The summed E-state index contributed by atoms with van der Waals surface area (Å²) in [5, 5.41) is 0. The second-order valence-corrected chi connectivity index (χ2v) is 9.37. The summed E-state index contributed by atoms with van der Waals surface area (Å²) in [5.41, 5.74) is -0.677. The van der Waals surface area contributed by atoms with E-state index in [4.69, 9.17) is 9.47 Å². The molecule has 0 aromatic rings. The van der Waals surface area contributed by atoms with Crippen molar-refractivity contribution < 1.29 is 35.9 Å². The molecular weight excluding hydrogens is 363 g/mol. The van der Waals surface area contributed by atoms with Gasteiger partial charge in [-0.15, -0.1) is 0 Å². The third kappa shape index (κ3) is 9.29. The van der Waals surface area contributed by atoms with Crippen molar-refractivity contribution in [2.45, 2.75) is 57.9 Å². The predicted molar refractivity (Wildman–Crippen MR) is 86.1 cm³/mol. The standard InChI is InChI=1S/C15H26F3NO5S/c1-14(2,3)24-13(20)19-7-8-23-11-12(19)5-10-25(21,22)9-4-6-15(16,17)18/h12H,4-11H2,1-3H3/t12-/m1/s1. The van der Waals surface area contributed by atoms with E-state index in [0.29, 0.717) is 6.61 Å². The van der Waals surface area contributed by atoms with Crippen molar-refractivity contribution >= 4 is 15.9 Å². The minimum absolute atomic E-state index is 0.105. The van der Waals surface area contributed by atoms with E-state index in [1.807, 2.05) is 0 Å². The molecule has 25 heavy (non-hydrogen) atoms. The first kappa shape index (κ1) is 22.0. The molecule has 1 rings (SSSR count). The van der Waals surface area contributed by atoms with Crippen LogP contribution in [0.5, 0.6) is 0 Å². The summed E-state index contributed by atoms with van der Waals surface area (Å²) in [6.45, 7) is 5.97. The number of rotatable bonds is 6. The largest absolute Gasteiger partial charge is 0.444 e. The molecule has 0 aromatic heterocycles. The van der Waals surface area contributed by atoms with Crippen LogP contribution in [-0.2, 0) is 19.3 Å². The maximum atomic E-state index is 12.2. The van der Waals surface area contributed by atoms with Gasteiger partial charge in [-0.2, -0.15) is 13.2 Å². The molecule has 0 unspecified atom stereocenters. The molecule has 6 nitrogen and oxygen atoms in total. The van der Waals surface area contributed by atoms with E-state index in [2.05, 4.69) is 0 Å². The molecule has 148 valence electrons. The van der Waals surface area contributed by atoms with Crippen molar-refractivity contribution in [1.29, 1.82) is 0 Å². The Morgan fingerprint density at radius 2 is 1.88 bits per heavy atom. The Morgan fingerprint density at radius 3 is 2.44 bits per heavy atom. The summed E-state index contributed by atoms with van der Waals surface area (Å²) < 4.78 is 70.8. The normalized spacial score (nSPS) is 19.8. The minimum Gasteiger partial charge on any atom is -0.444 e. The average Bonchev–Trinajstić information content (AvgIpc) is 2.42. The first-order chi connectivity index (χ1) is 11.3. The molecule has 0 saturated carbocycles. The third-order valence-electron chi connectivity index (χ3n) is 3.53. The van der Waals surface area contributed by atoms with Gasteiger partial charge in [-0.05, 0) is 33.6 Å². The van der Waals surface area contributed by atoms with Gasteiger partial charge in [-0.1, -0.05) is 0 Å². The zero-order valence-electron chi connectivity index (χ0n) is 14.8. The minimum atomic E-state index is -4.36. The van der Waals surface area contributed by atoms with Gasteiger partial charge in [0, 0.05) is 13.0 Å². The van der Waals surface area contributed by atoms with Crippen molar-refractivity contribution in [3.63, 3.8) is 0 Å².